The summed E-state index contributed by atoms with van der Waals surface area (Å²) in [4.78, 5) is 23.6. The molecule has 0 aliphatic heterocycles. The molecule has 0 saturated carbocycles. The molecular formula is C18H19N5O3. The van der Waals surface area contributed by atoms with Gasteiger partial charge < -0.3 is 15.4 Å². The average molecular weight is 353 g/mol. The molecule has 0 atom stereocenters. The fourth-order valence-electron chi connectivity index (χ4n) is 2.40. The van der Waals surface area contributed by atoms with Crippen molar-refractivity contribution in [2.45, 2.75) is 13.5 Å². The van der Waals surface area contributed by atoms with E-state index in [4.69, 9.17) is 4.74 Å². The number of nitrogens with one attached hydrogen (secondary N) is 2. The fraction of sp³-hybridized carbons (Fsp3) is 0.222. The quantitative estimate of drug-likeness (QED) is 0.672. The van der Waals surface area contributed by atoms with Gasteiger partial charge in [-0.25, -0.2) is 4.68 Å². The number of carbonyl (C=O) groups is 2. The summed E-state index contributed by atoms with van der Waals surface area (Å²) < 4.78 is 6.92. The maximum Gasteiger partial charge on any atom is 0.257 e. The normalized spacial score (nSPS) is 10.5. The third-order valence-electron chi connectivity index (χ3n) is 3.60. The van der Waals surface area contributed by atoms with E-state index in [0.29, 0.717) is 18.0 Å². The molecule has 8 heteroatoms. The lowest BCUT2D eigenvalue weighted by atomic mass is 10.3. The molecule has 0 aliphatic carbocycles. The van der Waals surface area contributed by atoms with E-state index in [2.05, 4.69) is 20.9 Å². The van der Waals surface area contributed by atoms with Gasteiger partial charge >= 0.3 is 0 Å². The molecule has 0 saturated heterocycles. The van der Waals surface area contributed by atoms with Gasteiger partial charge in [0.25, 0.3) is 5.91 Å². The van der Waals surface area contributed by atoms with Crippen molar-refractivity contribution in [3.8, 4) is 5.75 Å². The van der Waals surface area contributed by atoms with Crippen molar-refractivity contribution >= 4 is 28.5 Å². The van der Waals surface area contributed by atoms with Gasteiger partial charge in [0.05, 0.1) is 5.52 Å². The van der Waals surface area contributed by atoms with Crippen LogP contribution in [0.15, 0.2) is 48.5 Å². The molecule has 1 heterocycles. The van der Waals surface area contributed by atoms with Crippen LogP contribution < -0.4 is 15.4 Å². The first-order chi connectivity index (χ1) is 12.7. The van der Waals surface area contributed by atoms with Gasteiger partial charge in [0.1, 0.15) is 17.8 Å². The van der Waals surface area contributed by atoms with Gasteiger partial charge in [0, 0.05) is 12.2 Å². The third kappa shape index (κ3) is 4.35. The van der Waals surface area contributed by atoms with Gasteiger partial charge in [0.2, 0.25) is 5.91 Å². The van der Waals surface area contributed by atoms with E-state index in [1.165, 1.54) is 0 Å². The molecule has 134 valence electrons. The van der Waals surface area contributed by atoms with Crippen molar-refractivity contribution in [3.05, 3.63) is 48.5 Å². The zero-order valence-electron chi connectivity index (χ0n) is 14.3. The lowest BCUT2D eigenvalue weighted by molar-refractivity contribution is -0.123. The summed E-state index contributed by atoms with van der Waals surface area (Å²) in [5, 5.41) is 13.5. The highest BCUT2D eigenvalue weighted by molar-refractivity contribution is 5.91. The Morgan fingerprint density at radius 1 is 1.08 bits per heavy atom. The van der Waals surface area contributed by atoms with Crippen molar-refractivity contribution in [2.75, 3.05) is 18.5 Å². The molecule has 0 unspecified atom stereocenters. The summed E-state index contributed by atoms with van der Waals surface area (Å²) in [7, 11) is 0. The average Bonchev–Trinajstić information content (AvgIpc) is 3.04. The summed E-state index contributed by atoms with van der Waals surface area (Å²) in [6.45, 7) is 2.43. The minimum atomic E-state index is -0.211. The van der Waals surface area contributed by atoms with Crippen molar-refractivity contribution in [3.63, 3.8) is 0 Å². The van der Waals surface area contributed by atoms with Crippen LogP contribution in [0.2, 0.25) is 0 Å². The van der Waals surface area contributed by atoms with Crippen LogP contribution in [0.4, 0.5) is 5.69 Å². The molecule has 0 radical (unpaired) electrons. The van der Waals surface area contributed by atoms with Crippen molar-refractivity contribution < 1.29 is 14.3 Å². The molecular weight excluding hydrogens is 334 g/mol. The molecule has 26 heavy (non-hydrogen) atoms. The molecule has 0 spiro atoms. The Labute approximate surface area is 150 Å². The molecule has 3 aromatic rings. The van der Waals surface area contributed by atoms with Crippen molar-refractivity contribution in [1.29, 1.82) is 0 Å². The summed E-state index contributed by atoms with van der Waals surface area (Å²) in [6.07, 6.45) is 0. The first kappa shape index (κ1) is 17.4. The van der Waals surface area contributed by atoms with Crippen LogP contribution in [0.3, 0.4) is 0 Å². The van der Waals surface area contributed by atoms with E-state index in [0.717, 1.165) is 11.0 Å². The van der Waals surface area contributed by atoms with Crippen LogP contribution in [-0.4, -0.2) is 40.0 Å². The number of anilines is 1. The van der Waals surface area contributed by atoms with Gasteiger partial charge in [-0.1, -0.05) is 17.3 Å². The molecule has 2 N–H and O–H groups in total. The van der Waals surface area contributed by atoms with Crippen LogP contribution in [-0.2, 0) is 16.1 Å². The standard InChI is InChI=1S/C18H19N5O3/c1-2-19-18(25)12-26-14-9-7-13(8-10-14)20-17(24)11-23-16-6-4-3-5-15(16)21-22-23/h3-10H,2,11-12H2,1H3,(H,19,25)(H,20,24). The van der Waals surface area contributed by atoms with E-state index < -0.39 is 0 Å². The molecule has 2 aromatic carbocycles. The van der Waals surface area contributed by atoms with Gasteiger partial charge in [0.15, 0.2) is 6.61 Å². The smallest absolute Gasteiger partial charge is 0.257 e. The number of carbonyl (C=O) groups excluding carboxylic acids is 2. The summed E-state index contributed by atoms with van der Waals surface area (Å²) in [5.74, 6) is 0.165. The molecule has 8 nitrogen and oxygen atoms in total. The number of likely N-dealkylation sites (N-methyl/N-ethyl adjacent to an activating group) is 1. The number of ether oxygens (including phenoxy) is 1. The number of fused-ring (bicyclic) bond motifs is 1. The van der Waals surface area contributed by atoms with Crippen molar-refractivity contribution in [1.82, 2.24) is 20.3 Å². The van der Waals surface area contributed by atoms with E-state index >= 15 is 0 Å². The van der Waals surface area contributed by atoms with E-state index in [1.54, 1.807) is 28.9 Å². The highest BCUT2D eigenvalue weighted by Gasteiger charge is 2.09. The predicted molar refractivity (Wildman–Crippen MR) is 96.8 cm³/mol. The number of benzene rings is 2. The Bertz CT molecular complexity index is 905. The van der Waals surface area contributed by atoms with Gasteiger partial charge in [-0.15, -0.1) is 5.10 Å². The predicted octanol–water partition coefficient (Wildman–Crippen LogP) is 1.58. The molecule has 0 aliphatic rings. The molecule has 0 fully saturated rings. The first-order valence-electron chi connectivity index (χ1n) is 8.23. The lowest BCUT2D eigenvalue weighted by Crippen LogP contribution is -2.28. The lowest BCUT2D eigenvalue weighted by Gasteiger charge is -2.08. The van der Waals surface area contributed by atoms with Gasteiger partial charge in [-0.05, 0) is 43.3 Å². The third-order valence-corrected chi connectivity index (χ3v) is 3.60. The molecule has 2 amide bonds. The largest absolute Gasteiger partial charge is 0.484 e. The molecule has 0 bridgehead atoms. The Morgan fingerprint density at radius 2 is 1.85 bits per heavy atom. The number of nitrogens with zero attached hydrogens (tertiary/aromatic N) is 3. The molecule has 3 rings (SSSR count). The van der Waals surface area contributed by atoms with E-state index in [9.17, 15) is 9.59 Å². The summed E-state index contributed by atoms with van der Waals surface area (Å²) in [5.41, 5.74) is 2.18. The highest BCUT2D eigenvalue weighted by atomic mass is 16.5. The fourth-order valence-corrected chi connectivity index (χ4v) is 2.40. The second-order valence-electron chi connectivity index (χ2n) is 5.55. The number of hydrogen-bond acceptors (Lipinski definition) is 5. The highest BCUT2D eigenvalue weighted by Crippen LogP contribution is 2.16. The van der Waals surface area contributed by atoms with E-state index in [1.807, 2.05) is 31.2 Å². The Balaban J connectivity index is 1.55. The van der Waals surface area contributed by atoms with Crippen LogP contribution in [0.1, 0.15) is 6.92 Å². The zero-order chi connectivity index (χ0) is 18.4. The first-order valence-corrected chi connectivity index (χ1v) is 8.23. The topological polar surface area (TPSA) is 98.1 Å². The van der Waals surface area contributed by atoms with Gasteiger partial charge in [-0.3, -0.25) is 9.59 Å². The van der Waals surface area contributed by atoms with E-state index in [-0.39, 0.29) is 25.0 Å². The second-order valence-corrected chi connectivity index (χ2v) is 5.55. The monoisotopic (exact) mass is 353 g/mol. The van der Waals surface area contributed by atoms with Crippen LogP contribution >= 0.6 is 0 Å². The number of para-hydroxylation sites is 1. The maximum absolute atomic E-state index is 12.2. The maximum atomic E-state index is 12.2. The Kier molecular flexibility index (Phi) is 5.43. The van der Waals surface area contributed by atoms with Crippen LogP contribution in [0, 0.1) is 0 Å². The zero-order valence-corrected chi connectivity index (χ0v) is 14.3. The molecule has 1 aromatic heterocycles. The minimum Gasteiger partial charge on any atom is -0.484 e. The second kappa shape index (κ2) is 8.11. The summed E-state index contributed by atoms with van der Waals surface area (Å²) >= 11 is 0. The Morgan fingerprint density at radius 3 is 2.62 bits per heavy atom. The van der Waals surface area contributed by atoms with Crippen LogP contribution in [0.25, 0.3) is 11.0 Å². The SMILES string of the molecule is CCNC(=O)COc1ccc(NC(=O)Cn2nnc3ccccc32)cc1. The number of amides is 2. The van der Waals surface area contributed by atoms with Gasteiger partial charge in [-0.2, -0.15) is 0 Å². The Hall–Kier alpha value is -3.42. The number of aromatic nitrogens is 3. The number of hydrogen-bond donors (Lipinski definition) is 2. The summed E-state index contributed by atoms with van der Waals surface area (Å²) in [6, 6.07) is 14.3. The number of rotatable bonds is 7. The van der Waals surface area contributed by atoms with Crippen LogP contribution in [0.5, 0.6) is 5.75 Å². The van der Waals surface area contributed by atoms with Crippen molar-refractivity contribution in [2.24, 2.45) is 0 Å². The minimum absolute atomic E-state index is 0.0427.